The summed E-state index contributed by atoms with van der Waals surface area (Å²) >= 11 is 0. The smallest absolute Gasteiger partial charge is 0.222 e. The summed E-state index contributed by atoms with van der Waals surface area (Å²) in [5.74, 6) is -0.525. The van der Waals surface area contributed by atoms with Gasteiger partial charge in [0.2, 0.25) is 5.91 Å². The molecule has 0 N–H and O–H groups in total. The highest BCUT2D eigenvalue weighted by molar-refractivity contribution is 5.98. The highest BCUT2D eigenvalue weighted by atomic mass is 19.1. The fourth-order valence-electron chi connectivity index (χ4n) is 2.52. The normalized spacial score (nSPS) is 16.0. The second-order valence-electron chi connectivity index (χ2n) is 5.42. The van der Waals surface area contributed by atoms with Crippen molar-refractivity contribution in [2.75, 3.05) is 32.7 Å². The molecule has 1 fully saturated rings. The van der Waals surface area contributed by atoms with Crippen molar-refractivity contribution in [3.05, 3.63) is 35.1 Å². The third-order valence-electron chi connectivity index (χ3n) is 3.82. The standard InChI is InChI=1S/C16H21FN2O2/c1-3-16(21)19-8-6-18(7-9-19)11-15(20)13-10-12(2)4-5-14(13)17/h4-5,10H,3,6-9,11H2,1-2H3. The Kier molecular flexibility index (Phi) is 5.07. The van der Waals surface area contributed by atoms with Crippen LogP contribution in [0.25, 0.3) is 0 Å². The molecule has 0 atom stereocenters. The van der Waals surface area contributed by atoms with Crippen LogP contribution in [0.1, 0.15) is 29.3 Å². The van der Waals surface area contributed by atoms with Crippen LogP contribution in [0.4, 0.5) is 4.39 Å². The van der Waals surface area contributed by atoms with Gasteiger partial charge in [-0.2, -0.15) is 0 Å². The van der Waals surface area contributed by atoms with E-state index in [0.29, 0.717) is 32.6 Å². The molecule has 1 aliphatic rings. The zero-order chi connectivity index (χ0) is 15.4. The van der Waals surface area contributed by atoms with E-state index in [1.807, 2.05) is 23.6 Å². The van der Waals surface area contributed by atoms with Crippen molar-refractivity contribution < 1.29 is 14.0 Å². The number of hydrogen-bond donors (Lipinski definition) is 0. The quantitative estimate of drug-likeness (QED) is 0.796. The minimum Gasteiger partial charge on any atom is -0.340 e. The van der Waals surface area contributed by atoms with Gasteiger partial charge in [-0.25, -0.2) is 4.39 Å². The van der Waals surface area contributed by atoms with E-state index in [-0.39, 0.29) is 23.8 Å². The number of benzene rings is 1. The minimum absolute atomic E-state index is 0.144. The first-order chi connectivity index (χ1) is 10.0. The van der Waals surface area contributed by atoms with Crippen LogP contribution in [0.3, 0.4) is 0 Å². The van der Waals surface area contributed by atoms with Crippen LogP contribution >= 0.6 is 0 Å². The number of hydrogen-bond acceptors (Lipinski definition) is 3. The molecule has 1 amide bonds. The summed E-state index contributed by atoms with van der Waals surface area (Å²) in [6.07, 6.45) is 0.507. The predicted molar refractivity (Wildman–Crippen MR) is 78.8 cm³/mol. The molecule has 1 aliphatic heterocycles. The number of carbonyl (C=O) groups is 2. The van der Waals surface area contributed by atoms with Crippen LogP contribution in [0.15, 0.2) is 18.2 Å². The second-order valence-corrected chi connectivity index (χ2v) is 5.42. The maximum atomic E-state index is 13.7. The molecule has 0 aliphatic carbocycles. The van der Waals surface area contributed by atoms with E-state index in [2.05, 4.69) is 0 Å². The third kappa shape index (κ3) is 3.88. The summed E-state index contributed by atoms with van der Waals surface area (Å²) in [6.45, 7) is 6.47. The summed E-state index contributed by atoms with van der Waals surface area (Å²) in [4.78, 5) is 27.6. The average molecular weight is 292 g/mol. The Bertz CT molecular complexity index is 537. The largest absolute Gasteiger partial charge is 0.340 e. The van der Waals surface area contributed by atoms with Crippen molar-refractivity contribution in [2.45, 2.75) is 20.3 Å². The molecule has 0 aromatic heterocycles. The molecule has 1 aromatic carbocycles. The van der Waals surface area contributed by atoms with Gasteiger partial charge in [-0.1, -0.05) is 18.6 Å². The molecule has 0 radical (unpaired) electrons. The van der Waals surface area contributed by atoms with Gasteiger partial charge in [0, 0.05) is 32.6 Å². The summed E-state index contributed by atoms with van der Waals surface area (Å²) in [6, 6.07) is 4.58. The molecule has 5 heteroatoms. The second kappa shape index (κ2) is 6.80. The number of ketones is 1. The van der Waals surface area contributed by atoms with Crippen molar-refractivity contribution in [3.63, 3.8) is 0 Å². The van der Waals surface area contributed by atoms with E-state index < -0.39 is 5.82 Å². The molecule has 1 saturated heterocycles. The van der Waals surface area contributed by atoms with Gasteiger partial charge >= 0.3 is 0 Å². The zero-order valence-electron chi connectivity index (χ0n) is 12.6. The van der Waals surface area contributed by atoms with E-state index in [0.717, 1.165) is 5.56 Å². The molecule has 21 heavy (non-hydrogen) atoms. The van der Waals surface area contributed by atoms with Crippen molar-refractivity contribution in [1.82, 2.24) is 9.80 Å². The fourth-order valence-corrected chi connectivity index (χ4v) is 2.52. The van der Waals surface area contributed by atoms with Gasteiger partial charge in [0.1, 0.15) is 5.82 Å². The van der Waals surface area contributed by atoms with E-state index in [9.17, 15) is 14.0 Å². The number of nitrogens with zero attached hydrogens (tertiary/aromatic N) is 2. The zero-order valence-corrected chi connectivity index (χ0v) is 12.6. The van der Waals surface area contributed by atoms with Crippen LogP contribution < -0.4 is 0 Å². The molecular formula is C16H21FN2O2. The molecule has 4 nitrogen and oxygen atoms in total. The van der Waals surface area contributed by atoms with E-state index in [4.69, 9.17) is 0 Å². The predicted octanol–water partition coefficient (Wildman–Crippen LogP) is 1.87. The number of amides is 1. The number of piperazine rings is 1. The summed E-state index contributed by atoms with van der Waals surface area (Å²) in [5, 5.41) is 0. The maximum absolute atomic E-state index is 13.7. The van der Waals surface area contributed by atoms with Gasteiger partial charge in [-0.3, -0.25) is 14.5 Å². The number of halogens is 1. The molecule has 0 spiro atoms. The van der Waals surface area contributed by atoms with E-state index in [1.54, 1.807) is 12.1 Å². The van der Waals surface area contributed by atoms with Gasteiger partial charge in [0.15, 0.2) is 5.78 Å². The first-order valence-corrected chi connectivity index (χ1v) is 7.30. The van der Waals surface area contributed by atoms with Crippen molar-refractivity contribution >= 4 is 11.7 Å². The van der Waals surface area contributed by atoms with Gasteiger partial charge < -0.3 is 4.90 Å². The van der Waals surface area contributed by atoms with Gasteiger partial charge in [-0.05, 0) is 19.1 Å². The number of rotatable bonds is 4. The van der Waals surface area contributed by atoms with Crippen molar-refractivity contribution in [2.24, 2.45) is 0 Å². The van der Waals surface area contributed by atoms with Crippen LogP contribution in [0, 0.1) is 12.7 Å². The number of Topliss-reactive ketones (excluding diaryl/α,β-unsaturated/α-hetero) is 1. The molecular weight excluding hydrogens is 271 g/mol. The Balaban J connectivity index is 1.93. The molecule has 2 rings (SSSR count). The monoisotopic (exact) mass is 292 g/mol. The van der Waals surface area contributed by atoms with Crippen LogP contribution in [-0.2, 0) is 4.79 Å². The Labute approximate surface area is 124 Å². The van der Waals surface area contributed by atoms with Crippen molar-refractivity contribution in [3.8, 4) is 0 Å². The first kappa shape index (κ1) is 15.6. The van der Waals surface area contributed by atoms with Gasteiger partial charge in [-0.15, -0.1) is 0 Å². The van der Waals surface area contributed by atoms with Crippen LogP contribution in [0.5, 0.6) is 0 Å². The fraction of sp³-hybridized carbons (Fsp3) is 0.500. The molecule has 1 heterocycles. The average Bonchev–Trinajstić information content (AvgIpc) is 2.49. The van der Waals surface area contributed by atoms with E-state index >= 15 is 0 Å². The van der Waals surface area contributed by atoms with E-state index in [1.165, 1.54) is 6.07 Å². The Hall–Kier alpha value is -1.75. The Morgan fingerprint density at radius 3 is 2.48 bits per heavy atom. The minimum atomic E-state index is -0.467. The Morgan fingerprint density at radius 1 is 1.19 bits per heavy atom. The van der Waals surface area contributed by atoms with Crippen LogP contribution in [-0.4, -0.2) is 54.2 Å². The highest BCUT2D eigenvalue weighted by Crippen LogP contribution is 2.12. The van der Waals surface area contributed by atoms with Gasteiger partial charge in [0.05, 0.1) is 12.1 Å². The number of carbonyl (C=O) groups excluding carboxylic acids is 2. The third-order valence-corrected chi connectivity index (χ3v) is 3.82. The summed E-state index contributed by atoms with van der Waals surface area (Å²) in [7, 11) is 0. The van der Waals surface area contributed by atoms with Gasteiger partial charge in [0.25, 0.3) is 0 Å². The summed E-state index contributed by atoms with van der Waals surface area (Å²) in [5.41, 5.74) is 1.03. The SMILES string of the molecule is CCC(=O)N1CCN(CC(=O)c2cc(C)ccc2F)CC1. The lowest BCUT2D eigenvalue weighted by atomic mass is 10.1. The lowest BCUT2D eigenvalue weighted by molar-refractivity contribution is -0.132. The van der Waals surface area contributed by atoms with Crippen molar-refractivity contribution in [1.29, 1.82) is 0 Å². The first-order valence-electron chi connectivity index (χ1n) is 7.30. The molecule has 114 valence electrons. The lowest BCUT2D eigenvalue weighted by Crippen LogP contribution is -2.49. The molecule has 0 bridgehead atoms. The highest BCUT2D eigenvalue weighted by Gasteiger charge is 2.22. The topological polar surface area (TPSA) is 40.6 Å². The maximum Gasteiger partial charge on any atom is 0.222 e. The Morgan fingerprint density at radius 2 is 1.86 bits per heavy atom. The van der Waals surface area contributed by atoms with Crippen LogP contribution in [0.2, 0.25) is 0 Å². The molecule has 0 unspecified atom stereocenters. The number of aryl methyl sites for hydroxylation is 1. The lowest BCUT2D eigenvalue weighted by Gasteiger charge is -2.34. The molecule has 1 aromatic rings. The summed E-state index contributed by atoms with van der Waals surface area (Å²) < 4.78 is 13.7. The molecule has 0 saturated carbocycles.